The third-order valence-electron chi connectivity index (χ3n) is 6.56. The molecular formula is C29H37BrN6OS. The van der Waals surface area contributed by atoms with E-state index in [1.165, 1.54) is 10.6 Å². The summed E-state index contributed by atoms with van der Waals surface area (Å²) in [5.41, 5.74) is 16.8. The molecule has 0 aliphatic rings. The highest BCUT2D eigenvalue weighted by Gasteiger charge is 2.18. The van der Waals surface area contributed by atoms with Crippen LogP contribution in [0.4, 0.5) is 5.69 Å². The summed E-state index contributed by atoms with van der Waals surface area (Å²) in [6, 6.07) is 18.8. The smallest absolute Gasteiger partial charge is 0.219 e. The van der Waals surface area contributed by atoms with Crippen LogP contribution in [-0.4, -0.2) is 35.1 Å². The van der Waals surface area contributed by atoms with Crippen LogP contribution >= 0.6 is 27.3 Å². The number of nitrogens with zero attached hydrogens (tertiary/aromatic N) is 3. The summed E-state index contributed by atoms with van der Waals surface area (Å²) in [5.74, 6) is 0.555. The minimum atomic E-state index is -0.343. The maximum absolute atomic E-state index is 11.9. The molecule has 4 aromatic rings. The number of fused-ring (bicyclic) bond motifs is 1. The molecule has 0 fully saturated rings. The number of thiophene rings is 1. The van der Waals surface area contributed by atoms with Gasteiger partial charge >= 0.3 is 0 Å². The highest BCUT2D eigenvalue weighted by Crippen LogP contribution is 2.30. The Labute approximate surface area is 237 Å². The number of halogens is 1. The molecule has 1 amide bonds. The Kier molecular flexibility index (Phi) is 9.96. The van der Waals surface area contributed by atoms with Gasteiger partial charge in [0, 0.05) is 61.3 Å². The predicted molar refractivity (Wildman–Crippen MR) is 162 cm³/mol. The van der Waals surface area contributed by atoms with E-state index in [4.69, 9.17) is 16.5 Å². The van der Waals surface area contributed by atoms with Crippen LogP contribution in [0.2, 0.25) is 0 Å². The standard InChI is InChI=1S/C29H37BrN6OS/c1-3-14-35(15-4-2)22-8-5-20(6-9-22)29-34-25-17-21(7-11-26(25)36(29)16-13-31)24(18-28(32)37)33-19-23-10-12-27(30)38-23/h5-12,17,24,33H,3-4,13-16,18-19,31H2,1-2H3,(H2,32,37). The Morgan fingerprint density at radius 2 is 1.84 bits per heavy atom. The summed E-state index contributed by atoms with van der Waals surface area (Å²) in [6.45, 7) is 8.36. The lowest BCUT2D eigenvalue weighted by atomic mass is 10.0. The summed E-state index contributed by atoms with van der Waals surface area (Å²) in [7, 11) is 0. The van der Waals surface area contributed by atoms with Crippen molar-refractivity contribution in [2.75, 3.05) is 24.5 Å². The van der Waals surface area contributed by atoms with Gasteiger partial charge in [-0.1, -0.05) is 19.9 Å². The van der Waals surface area contributed by atoms with Crippen molar-refractivity contribution in [3.05, 3.63) is 68.8 Å². The number of nitrogens with two attached hydrogens (primary N) is 2. The molecule has 0 radical (unpaired) electrons. The van der Waals surface area contributed by atoms with Crippen molar-refractivity contribution in [2.45, 2.75) is 52.2 Å². The van der Waals surface area contributed by atoms with E-state index < -0.39 is 0 Å². The Bertz CT molecular complexity index is 1340. The van der Waals surface area contributed by atoms with Crippen LogP contribution in [0.5, 0.6) is 0 Å². The number of hydrogen-bond acceptors (Lipinski definition) is 6. The zero-order valence-corrected chi connectivity index (χ0v) is 24.5. The van der Waals surface area contributed by atoms with E-state index in [0.29, 0.717) is 19.6 Å². The van der Waals surface area contributed by atoms with Crippen molar-refractivity contribution >= 4 is 49.9 Å². The van der Waals surface area contributed by atoms with Crippen molar-refractivity contribution in [2.24, 2.45) is 11.5 Å². The number of aromatic nitrogens is 2. The second kappa shape index (κ2) is 13.4. The van der Waals surface area contributed by atoms with Gasteiger partial charge in [-0.3, -0.25) is 4.79 Å². The summed E-state index contributed by atoms with van der Waals surface area (Å²) in [4.78, 5) is 20.5. The van der Waals surface area contributed by atoms with Crippen LogP contribution < -0.4 is 21.7 Å². The van der Waals surface area contributed by atoms with Crippen LogP contribution in [0.25, 0.3) is 22.4 Å². The largest absolute Gasteiger partial charge is 0.372 e. The van der Waals surface area contributed by atoms with E-state index in [1.807, 2.05) is 6.07 Å². The second-order valence-corrected chi connectivity index (χ2v) is 12.0. The molecule has 0 bridgehead atoms. The summed E-state index contributed by atoms with van der Waals surface area (Å²) in [5, 5.41) is 3.51. The highest BCUT2D eigenvalue weighted by molar-refractivity contribution is 9.11. The van der Waals surface area contributed by atoms with Crippen LogP contribution in [0.3, 0.4) is 0 Å². The molecule has 0 aliphatic heterocycles. The number of benzene rings is 2. The molecule has 2 heterocycles. The number of primary amides is 1. The van der Waals surface area contributed by atoms with Gasteiger partial charge in [0.2, 0.25) is 5.91 Å². The zero-order chi connectivity index (χ0) is 27.1. The normalized spacial score (nSPS) is 12.2. The van der Waals surface area contributed by atoms with E-state index >= 15 is 0 Å². The van der Waals surface area contributed by atoms with Gasteiger partial charge in [0.15, 0.2) is 0 Å². The van der Waals surface area contributed by atoms with Crippen molar-refractivity contribution in [1.82, 2.24) is 14.9 Å². The fourth-order valence-electron chi connectivity index (χ4n) is 4.85. The van der Waals surface area contributed by atoms with Crippen LogP contribution in [0.15, 0.2) is 58.4 Å². The van der Waals surface area contributed by atoms with Gasteiger partial charge in [-0.25, -0.2) is 4.98 Å². The molecule has 2 aromatic carbocycles. The number of hydrogen-bond donors (Lipinski definition) is 3. The quantitative estimate of drug-likeness (QED) is 0.170. The minimum absolute atomic E-state index is 0.205. The van der Waals surface area contributed by atoms with Gasteiger partial charge in [-0.05, 0) is 82.9 Å². The molecule has 0 saturated carbocycles. The maximum Gasteiger partial charge on any atom is 0.219 e. The topological polar surface area (TPSA) is 102 Å². The predicted octanol–water partition coefficient (Wildman–Crippen LogP) is 5.82. The SMILES string of the molecule is CCCN(CCC)c1ccc(-c2nc3cc(C(CC(N)=O)NCc4ccc(Br)s4)ccc3n2CCN)cc1. The van der Waals surface area contributed by atoms with Gasteiger partial charge in [-0.15, -0.1) is 11.3 Å². The molecule has 38 heavy (non-hydrogen) atoms. The van der Waals surface area contributed by atoms with Crippen LogP contribution in [0.1, 0.15) is 49.6 Å². The lowest BCUT2D eigenvalue weighted by molar-refractivity contribution is -0.118. The monoisotopic (exact) mass is 596 g/mol. The van der Waals surface area contributed by atoms with E-state index in [1.54, 1.807) is 11.3 Å². The van der Waals surface area contributed by atoms with Gasteiger partial charge in [0.25, 0.3) is 0 Å². The minimum Gasteiger partial charge on any atom is -0.372 e. The number of imidazole rings is 1. The molecule has 7 nitrogen and oxygen atoms in total. The molecule has 2 aromatic heterocycles. The molecule has 202 valence electrons. The fraction of sp³-hybridized carbons (Fsp3) is 0.379. The molecule has 4 rings (SSSR count). The lowest BCUT2D eigenvalue weighted by Gasteiger charge is -2.24. The average molecular weight is 598 g/mol. The molecular weight excluding hydrogens is 560 g/mol. The van der Waals surface area contributed by atoms with Crippen LogP contribution in [0, 0.1) is 0 Å². The molecule has 0 saturated heterocycles. The first-order valence-electron chi connectivity index (χ1n) is 13.2. The molecule has 1 atom stereocenters. The Morgan fingerprint density at radius 1 is 1.11 bits per heavy atom. The van der Waals surface area contributed by atoms with E-state index in [0.717, 1.165) is 57.7 Å². The van der Waals surface area contributed by atoms with Crippen molar-refractivity contribution in [1.29, 1.82) is 0 Å². The van der Waals surface area contributed by atoms with Gasteiger partial charge in [0.1, 0.15) is 5.82 Å². The summed E-state index contributed by atoms with van der Waals surface area (Å²) >= 11 is 5.18. The zero-order valence-electron chi connectivity index (χ0n) is 22.1. The summed E-state index contributed by atoms with van der Waals surface area (Å²) in [6.07, 6.45) is 2.45. The molecule has 1 unspecified atom stereocenters. The Balaban J connectivity index is 1.65. The third kappa shape index (κ3) is 6.83. The number of amides is 1. The average Bonchev–Trinajstić information content (AvgIpc) is 3.49. The Morgan fingerprint density at radius 3 is 2.45 bits per heavy atom. The third-order valence-corrected chi connectivity index (χ3v) is 8.19. The lowest BCUT2D eigenvalue weighted by Crippen LogP contribution is -2.26. The van der Waals surface area contributed by atoms with E-state index in [9.17, 15) is 4.79 Å². The molecule has 0 aliphatic carbocycles. The van der Waals surface area contributed by atoms with E-state index in [-0.39, 0.29) is 18.4 Å². The van der Waals surface area contributed by atoms with Crippen molar-refractivity contribution in [3.63, 3.8) is 0 Å². The first-order valence-corrected chi connectivity index (χ1v) is 14.9. The number of carbonyl (C=O) groups is 1. The fourth-order valence-corrected chi connectivity index (χ4v) is 6.28. The number of anilines is 1. The maximum atomic E-state index is 11.9. The number of nitrogens with one attached hydrogen (secondary N) is 1. The van der Waals surface area contributed by atoms with Gasteiger partial charge in [0.05, 0.1) is 14.8 Å². The summed E-state index contributed by atoms with van der Waals surface area (Å²) < 4.78 is 3.26. The number of rotatable bonds is 14. The van der Waals surface area contributed by atoms with Crippen LogP contribution in [-0.2, 0) is 17.9 Å². The molecule has 9 heteroatoms. The first-order chi connectivity index (χ1) is 18.4. The Hall–Kier alpha value is -2.72. The van der Waals surface area contributed by atoms with Crippen molar-refractivity contribution in [3.8, 4) is 11.4 Å². The van der Waals surface area contributed by atoms with E-state index in [2.05, 4.69) is 93.1 Å². The second-order valence-electron chi connectivity index (χ2n) is 9.47. The first kappa shape index (κ1) is 28.3. The highest BCUT2D eigenvalue weighted by atomic mass is 79.9. The van der Waals surface area contributed by atoms with Gasteiger partial charge in [-0.2, -0.15) is 0 Å². The number of carbonyl (C=O) groups excluding carboxylic acids is 1. The van der Waals surface area contributed by atoms with Crippen molar-refractivity contribution < 1.29 is 4.79 Å². The molecule has 5 N–H and O–H groups in total. The van der Waals surface area contributed by atoms with Gasteiger partial charge < -0.3 is 26.3 Å². The molecule has 0 spiro atoms.